The van der Waals surface area contributed by atoms with Crippen molar-refractivity contribution in [3.8, 4) is 0 Å². The summed E-state index contributed by atoms with van der Waals surface area (Å²) in [5, 5.41) is 11.5. The zero-order chi connectivity index (χ0) is 37.0. The molecule has 0 aromatic heterocycles. The molecule has 3 heterocycles. The summed E-state index contributed by atoms with van der Waals surface area (Å²) < 4.78 is 0. The molecule has 14 heteroatoms. The predicted octanol–water partition coefficient (Wildman–Crippen LogP) is -0.116. The van der Waals surface area contributed by atoms with Crippen LogP contribution in [-0.2, 0) is 41.6 Å². The van der Waals surface area contributed by atoms with Crippen LogP contribution in [0, 0.1) is 0 Å². The Kier molecular flexibility index (Phi) is 13.7. The molecule has 0 radical (unpaired) electrons. The van der Waals surface area contributed by atoms with Gasteiger partial charge in [0.15, 0.2) is 0 Å². The van der Waals surface area contributed by atoms with Crippen molar-refractivity contribution in [2.24, 2.45) is 11.5 Å². The third kappa shape index (κ3) is 9.73. The molecule has 52 heavy (non-hydrogen) atoms. The average Bonchev–Trinajstić information content (AvgIpc) is 3.85. The Hall–Kier alpha value is -4.82. The zero-order valence-corrected chi connectivity index (χ0v) is 29.6. The SMILES string of the molecule is NCCC[C@@H]1NC(=O)[C@@H]2CCCN2C(=O)[C@@H](Cc2ccccc2)NC(=O)[C@H](CCCN)NC(=O)[C@@H]2CCCN2C(=O)[C@@H](Cc2ccccc2)NC1=O. The summed E-state index contributed by atoms with van der Waals surface area (Å²) in [4.78, 5) is 87.4. The molecule has 280 valence electrons. The van der Waals surface area contributed by atoms with Crippen LogP contribution in [0.15, 0.2) is 60.7 Å². The van der Waals surface area contributed by atoms with E-state index in [0.717, 1.165) is 11.1 Å². The fourth-order valence-electron chi connectivity index (χ4n) is 7.37. The molecule has 6 amide bonds. The van der Waals surface area contributed by atoms with Crippen LogP contribution < -0.4 is 32.7 Å². The van der Waals surface area contributed by atoms with Crippen LogP contribution in [0.4, 0.5) is 0 Å². The van der Waals surface area contributed by atoms with E-state index in [0.29, 0.717) is 38.5 Å². The number of benzene rings is 2. The fraction of sp³-hybridized carbons (Fsp3) is 0.526. The number of amides is 6. The van der Waals surface area contributed by atoms with Gasteiger partial charge in [0.1, 0.15) is 36.3 Å². The molecule has 6 atom stereocenters. The summed E-state index contributed by atoms with van der Waals surface area (Å²) in [5.74, 6) is -2.95. The summed E-state index contributed by atoms with van der Waals surface area (Å²) >= 11 is 0. The van der Waals surface area contributed by atoms with Crippen LogP contribution >= 0.6 is 0 Å². The molecule has 2 aromatic carbocycles. The maximum absolute atomic E-state index is 14.3. The lowest BCUT2D eigenvalue weighted by Crippen LogP contribution is -2.61. The molecular weight excluding hydrogens is 664 g/mol. The lowest BCUT2D eigenvalue weighted by molar-refractivity contribution is -0.144. The van der Waals surface area contributed by atoms with E-state index in [4.69, 9.17) is 11.5 Å². The highest BCUT2D eigenvalue weighted by Crippen LogP contribution is 2.23. The van der Waals surface area contributed by atoms with Gasteiger partial charge in [0.05, 0.1) is 0 Å². The van der Waals surface area contributed by atoms with E-state index in [1.54, 1.807) is 0 Å². The molecule has 0 saturated carbocycles. The second kappa shape index (κ2) is 18.6. The molecule has 3 saturated heterocycles. The highest BCUT2D eigenvalue weighted by atomic mass is 16.2. The van der Waals surface area contributed by atoms with Crippen molar-refractivity contribution >= 4 is 35.4 Å². The standard InChI is InChI=1S/C38H52N8O6/c39-19-7-15-27-33(47)43-29(23-25-11-3-1-4-12-25)37(51)45-21-9-17-31(45)35(49)42-28(16-8-20-40)34(48)44-30(24-26-13-5-2-6-14-26)38(52)46-22-10-18-32(46)36(50)41-27/h1-6,11-14,27-32H,7-10,15-24,39-40H2,(H,41,50)(H,42,49)(H,43,47)(H,44,48)/t27-,28-,29+,30+,31-,32-/m0/s1. The van der Waals surface area contributed by atoms with Crippen LogP contribution in [0.3, 0.4) is 0 Å². The maximum Gasteiger partial charge on any atom is 0.246 e. The van der Waals surface area contributed by atoms with Crippen LogP contribution in [0.25, 0.3) is 0 Å². The van der Waals surface area contributed by atoms with Gasteiger partial charge in [-0.15, -0.1) is 0 Å². The van der Waals surface area contributed by atoms with Gasteiger partial charge in [0.2, 0.25) is 35.4 Å². The molecule has 8 N–H and O–H groups in total. The molecule has 14 nitrogen and oxygen atoms in total. The van der Waals surface area contributed by atoms with Crippen LogP contribution in [-0.4, -0.2) is 108 Å². The molecule has 3 aliphatic rings. The second-order valence-corrected chi connectivity index (χ2v) is 13.9. The minimum atomic E-state index is -1.04. The van der Waals surface area contributed by atoms with E-state index in [1.165, 1.54) is 9.80 Å². The van der Waals surface area contributed by atoms with E-state index < -0.39 is 71.7 Å². The van der Waals surface area contributed by atoms with Crippen LogP contribution in [0.1, 0.15) is 62.5 Å². The third-order valence-electron chi connectivity index (χ3n) is 10.1. The first-order valence-corrected chi connectivity index (χ1v) is 18.5. The highest BCUT2D eigenvalue weighted by Gasteiger charge is 2.42. The molecule has 2 aromatic rings. The van der Waals surface area contributed by atoms with Crippen molar-refractivity contribution in [3.63, 3.8) is 0 Å². The minimum absolute atomic E-state index is 0.156. The molecule has 3 aliphatic heterocycles. The molecule has 5 rings (SSSR count). The van der Waals surface area contributed by atoms with Gasteiger partial charge in [0, 0.05) is 25.9 Å². The van der Waals surface area contributed by atoms with E-state index >= 15 is 0 Å². The number of fused-ring (bicyclic) bond motifs is 2. The Morgan fingerprint density at radius 2 is 0.885 bits per heavy atom. The topological polar surface area (TPSA) is 209 Å². The van der Waals surface area contributed by atoms with Gasteiger partial charge in [-0.05, 0) is 75.6 Å². The largest absolute Gasteiger partial charge is 0.343 e. The van der Waals surface area contributed by atoms with Crippen molar-refractivity contribution in [1.82, 2.24) is 31.1 Å². The minimum Gasteiger partial charge on any atom is -0.343 e. The molecule has 0 aliphatic carbocycles. The van der Waals surface area contributed by atoms with Crippen molar-refractivity contribution in [2.45, 2.75) is 100 Å². The summed E-state index contributed by atoms with van der Waals surface area (Å²) in [7, 11) is 0. The smallest absolute Gasteiger partial charge is 0.246 e. The third-order valence-corrected chi connectivity index (χ3v) is 10.1. The van der Waals surface area contributed by atoms with Gasteiger partial charge >= 0.3 is 0 Å². The lowest BCUT2D eigenvalue weighted by atomic mass is 10.0. The van der Waals surface area contributed by atoms with Gasteiger partial charge in [0.25, 0.3) is 0 Å². The van der Waals surface area contributed by atoms with Gasteiger partial charge in [-0.2, -0.15) is 0 Å². The monoisotopic (exact) mass is 716 g/mol. The second-order valence-electron chi connectivity index (χ2n) is 13.9. The predicted molar refractivity (Wildman–Crippen MR) is 194 cm³/mol. The van der Waals surface area contributed by atoms with Crippen LogP contribution in [0.2, 0.25) is 0 Å². The maximum atomic E-state index is 14.3. The van der Waals surface area contributed by atoms with Gasteiger partial charge in [-0.1, -0.05) is 60.7 Å². The first kappa shape index (κ1) is 38.4. The van der Waals surface area contributed by atoms with Crippen molar-refractivity contribution in [1.29, 1.82) is 0 Å². The van der Waals surface area contributed by atoms with E-state index in [1.807, 2.05) is 60.7 Å². The number of nitrogens with zero attached hydrogens (tertiary/aromatic N) is 2. The number of carbonyl (C=O) groups is 6. The van der Waals surface area contributed by atoms with Gasteiger partial charge in [-0.3, -0.25) is 28.8 Å². The summed E-state index contributed by atoms with van der Waals surface area (Å²) in [6.07, 6.45) is 3.43. The summed E-state index contributed by atoms with van der Waals surface area (Å²) in [6, 6.07) is 12.6. The Morgan fingerprint density at radius 3 is 1.25 bits per heavy atom. The summed E-state index contributed by atoms with van der Waals surface area (Å²) in [5.41, 5.74) is 13.2. The highest BCUT2D eigenvalue weighted by molar-refractivity contribution is 5.98. The quantitative estimate of drug-likeness (QED) is 0.195. The molecular formula is C38H52N8O6. The van der Waals surface area contributed by atoms with E-state index in [9.17, 15) is 28.8 Å². The van der Waals surface area contributed by atoms with E-state index in [-0.39, 0.29) is 51.9 Å². The summed E-state index contributed by atoms with van der Waals surface area (Å²) in [6.45, 7) is 1.13. The van der Waals surface area contributed by atoms with Crippen molar-refractivity contribution < 1.29 is 28.8 Å². The van der Waals surface area contributed by atoms with Crippen molar-refractivity contribution in [3.05, 3.63) is 71.8 Å². The molecule has 0 bridgehead atoms. The molecule has 0 unspecified atom stereocenters. The van der Waals surface area contributed by atoms with Gasteiger partial charge in [-0.25, -0.2) is 0 Å². The first-order chi connectivity index (χ1) is 25.2. The number of hydrogen-bond donors (Lipinski definition) is 6. The Labute approximate surface area is 304 Å². The number of nitrogens with two attached hydrogens (primary N) is 2. The van der Waals surface area contributed by atoms with Crippen molar-refractivity contribution in [2.75, 3.05) is 26.2 Å². The normalized spacial score (nSPS) is 26.4. The Morgan fingerprint density at radius 1 is 0.519 bits per heavy atom. The number of nitrogens with one attached hydrogen (secondary N) is 4. The first-order valence-electron chi connectivity index (χ1n) is 18.5. The molecule has 3 fully saturated rings. The zero-order valence-electron chi connectivity index (χ0n) is 29.6. The number of hydrogen-bond acceptors (Lipinski definition) is 8. The number of rotatable bonds is 10. The van der Waals surface area contributed by atoms with E-state index in [2.05, 4.69) is 21.3 Å². The lowest BCUT2D eigenvalue weighted by Gasteiger charge is -2.33. The number of carbonyl (C=O) groups excluding carboxylic acids is 6. The molecule has 0 spiro atoms. The van der Waals surface area contributed by atoms with Crippen LogP contribution in [0.5, 0.6) is 0 Å². The van der Waals surface area contributed by atoms with Gasteiger partial charge < -0.3 is 42.5 Å². The average molecular weight is 717 g/mol. The Balaban J connectivity index is 1.52. The fourth-order valence-corrected chi connectivity index (χ4v) is 7.37. The Bertz CT molecular complexity index is 1440.